The van der Waals surface area contributed by atoms with Gasteiger partial charge in [-0.1, -0.05) is 45.4 Å². The zero-order chi connectivity index (χ0) is 21.5. The van der Waals surface area contributed by atoms with E-state index in [9.17, 15) is 0 Å². The summed E-state index contributed by atoms with van der Waals surface area (Å²) in [4.78, 5) is 13.3. The number of anilines is 1. The minimum atomic E-state index is 0.786. The lowest BCUT2D eigenvalue weighted by molar-refractivity contribution is 1.06. The van der Waals surface area contributed by atoms with Crippen LogP contribution in [0.1, 0.15) is 31.0 Å². The first kappa shape index (κ1) is 21.1. The van der Waals surface area contributed by atoms with E-state index in [2.05, 4.69) is 63.6 Å². The van der Waals surface area contributed by atoms with E-state index < -0.39 is 0 Å². The number of hydrogen-bond acceptors (Lipinski definition) is 4. The monoisotopic (exact) mass is 426 g/mol. The molecule has 0 saturated heterocycles. The molecule has 156 valence electrons. The first-order valence-electron chi connectivity index (χ1n) is 10.6. The molecule has 1 atom stereocenters. The predicted octanol–water partition coefficient (Wildman–Crippen LogP) is 6.60. The van der Waals surface area contributed by atoms with Gasteiger partial charge in [-0.05, 0) is 66.8 Å². The molecule has 0 bridgehead atoms. The summed E-state index contributed by atoms with van der Waals surface area (Å²) in [7, 11) is 0.786. The van der Waals surface area contributed by atoms with E-state index in [1.54, 1.807) is 6.20 Å². The van der Waals surface area contributed by atoms with E-state index in [1.165, 1.54) is 22.1 Å². The molecule has 4 rings (SSSR count). The van der Waals surface area contributed by atoms with Crippen LogP contribution in [0.25, 0.3) is 16.6 Å². The summed E-state index contributed by atoms with van der Waals surface area (Å²) in [5.74, 6) is 0.863. The molecule has 0 aromatic carbocycles. The standard InChI is InChI=1S/C26H27N4P/c1-3-6-23(30-26-11-9-22(17-29-26)24-7-4-5-13-28-24)16-20-8-10-25(31-18-20)21-12-14-27-19(2)15-21/h4-15,17,31H,3,16,18H2,1-2H3,(H,29,30)/b23-6-. The average Bonchev–Trinajstić information content (AvgIpc) is 2.81. The Kier molecular flexibility index (Phi) is 7.01. The molecule has 0 fully saturated rings. The van der Waals surface area contributed by atoms with E-state index in [-0.39, 0.29) is 0 Å². The minimum Gasteiger partial charge on any atom is -0.344 e. The van der Waals surface area contributed by atoms with E-state index in [0.29, 0.717) is 0 Å². The summed E-state index contributed by atoms with van der Waals surface area (Å²) >= 11 is 0. The molecule has 0 amide bonds. The van der Waals surface area contributed by atoms with Crippen LogP contribution in [0.2, 0.25) is 0 Å². The Morgan fingerprint density at radius 3 is 2.65 bits per heavy atom. The van der Waals surface area contributed by atoms with Gasteiger partial charge in [-0.2, -0.15) is 0 Å². The topological polar surface area (TPSA) is 50.7 Å². The second-order valence-electron chi connectivity index (χ2n) is 7.53. The van der Waals surface area contributed by atoms with Crippen LogP contribution >= 0.6 is 8.58 Å². The number of allylic oxidation sites excluding steroid dienone is 4. The lowest BCUT2D eigenvalue weighted by atomic mass is 10.1. The van der Waals surface area contributed by atoms with Crippen molar-refractivity contribution in [3.8, 4) is 11.3 Å². The molecule has 0 radical (unpaired) electrons. The van der Waals surface area contributed by atoms with E-state index in [1.807, 2.05) is 43.6 Å². The third kappa shape index (κ3) is 5.74. The van der Waals surface area contributed by atoms with Crippen LogP contribution in [0.5, 0.6) is 0 Å². The molecule has 3 aromatic heterocycles. The highest BCUT2D eigenvalue weighted by Crippen LogP contribution is 2.39. The molecule has 4 nitrogen and oxygen atoms in total. The number of aryl methyl sites for hydroxylation is 1. The van der Waals surface area contributed by atoms with Crippen LogP contribution in [0, 0.1) is 6.92 Å². The Morgan fingerprint density at radius 2 is 1.97 bits per heavy atom. The fourth-order valence-electron chi connectivity index (χ4n) is 3.54. The van der Waals surface area contributed by atoms with Gasteiger partial charge in [0.25, 0.3) is 0 Å². The highest BCUT2D eigenvalue weighted by atomic mass is 31.1. The van der Waals surface area contributed by atoms with Gasteiger partial charge in [0, 0.05) is 42.0 Å². The molecule has 1 N–H and O–H groups in total. The van der Waals surface area contributed by atoms with Crippen molar-refractivity contribution in [2.24, 2.45) is 0 Å². The summed E-state index contributed by atoms with van der Waals surface area (Å²) in [6.07, 6.45) is 15.4. The number of hydrogen-bond donors (Lipinski definition) is 1. The Bertz CT molecular complexity index is 1120. The smallest absolute Gasteiger partial charge is 0.130 e. The molecular weight excluding hydrogens is 399 g/mol. The lowest BCUT2D eigenvalue weighted by Crippen LogP contribution is -2.05. The number of aromatic nitrogens is 3. The fraction of sp³-hybridized carbons (Fsp3) is 0.192. The quantitative estimate of drug-likeness (QED) is 0.432. The summed E-state index contributed by atoms with van der Waals surface area (Å²) in [6, 6.07) is 14.3. The fourth-order valence-corrected chi connectivity index (χ4v) is 4.76. The third-order valence-electron chi connectivity index (χ3n) is 5.08. The molecular formula is C26H27N4P. The van der Waals surface area contributed by atoms with Crippen molar-refractivity contribution < 1.29 is 0 Å². The maximum Gasteiger partial charge on any atom is 0.130 e. The highest BCUT2D eigenvalue weighted by Gasteiger charge is 2.11. The zero-order valence-electron chi connectivity index (χ0n) is 18.0. The normalized spacial score (nSPS) is 14.8. The Balaban J connectivity index is 1.43. The first-order valence-corrected chi connectivity index (χ1v) is 11.8. The summed E-state index contributed by atoms with van der Waals surface area (Å²) in [5.41, 5.74) is 6.97. The van der Waals surface area contributed by atoms with Gasteiger partial charge >= 0.3 is 0 Å². The Hall–Kier alpha value is -3.10. The van der Waals surface area contributed by atoms with Crippen LogP contribution in [-0.2, 0) is 0 Å². The van der Waals surface area contributed by atoms with Gasteiger partial charge in [-0.3, -0.25) is 9.97 Å². The summed E-state index contributed by atoms with van der Waals surface area (Å²) in [5, 5.41) is 4.93. The van der Waals surface area contributed by atoms with Crippen molar-refractivity contribution in [2.75, 3.05) is 11.5 Å². The van der Waals surface area contributed by atoms with Crippen molar-refractivity contribution in [1.82, 2.24) is 15.0 Å². The average molecular weight is 427 g/mol. The molecule has 31 heavy (non-hydrogen) atoms. The Morgan fingerprint density at radius 1 is 1.03 bits per heavy atom. The molecule has 0 aliphatic carbocycles. The van der Waals surface area contributed by atoms with Crippen molar-refractivity contribution in [1.29, 1.82) is 0 Å². The van der Waals surface area contributed by atoms with Crippen LogP contribution in [0.15, 0.2) is 90.6 Å². The van der Waals surface area contributed by atoms with Gasteiger partial charge in [0.15, 0.2) is 0 Å². The largest absolute Gasteiger partial charge is 0.344 e. The molecule has 3 aromatic rings. The van der Waals surface area contributed by atoms with Gasteiger partial charge in [0.2, 0.25) is 0 Å². The van der Waals surface area contributed by atoms with E-state index in [0.717, 1.165) is 50.4 Å². The molecule has 0 spiro atoms. The third-order valence-corrected chi connectivity index (χ3v) is 6.55. The summed E-state index contributed by atoms with van der Waals surface area (Å²) in [6.45, 7) is 4.21. The molecule has 1 aliphatic rings. The van der Waals surface area contributed by atoms with Crippen molar-refractivity contribution in [2.45, 2.75) is 26.7 Å². The number of rotatable bonds is 7. The molecule has 1 unspecified atom stereocenters. The number of nitrogens with one attached hydrogen (secondary N) is 1. The SMILES string of the molecule is CC/C=C(/CC1=CC=C(c2ccnc(C)c2)PC1)Nc1ccc(-c2ccccn2)cn1. The van der Waals surface area contributed by atoms with Crippen LogP contribution in [0.4, 0.5) is 5.82 Å². The maximum atomic E-state index is 4.60. The van der Waals surface area contributed by atoms with Crippen molar-refractivity contribution in [3.63, 3.8) is 0 Å². The van der Waals surface area contributed by atoms with Crippen LogP contribution < -0.4 is 5.32 Å². The van der Waals surface area contributed by atoms with Gasteiger partial charge in [0.05, 0.1) is 5.69 Å². The van der Waals surface area contributed by atoms with Gasteiger partial charge in [-0.25, -0.2) is 4.98 Å². The summed E-state index contributed by atoms with van der Waals surface area (Å²) < 4.78 is 0. The molecule has 5 heteroatoms. The maximum absolute atomic E-state index is 4.60. The number of pyridine rings is 3. The molecule has 4 heterocycles. The second-order valence-corrected chi connectivity index (χ2v) is 8.78. The zero-order valence-corrected chi connectivity index (χ0v) is 19.0. The molecule has 0 saturated carbocycles. The molecule has 1 aliphatic heterocycles. The van der Waals surface area contributed by atoms with E-state index in [4.69, 9.17) is 0 Å². The van der Waals surface area contributed by atoms with E-state index >= 15 is 0 Å². The first-order chi connectivity index (χ1) is 15.2. The van der Waals surface area contributed by atoms with Crippen molar-refractivity contribution in [3.05, 3.63) is 102 Å². The van der Waals surface area contributed by atoms with Crippen LogP contribution in [0.3, 0.4) is 0 Å². The highest BCUT2D eigenvalue weighted by molar-refractivity contribution is 7.50. The van der Waals surface area contributed by atoms with Gasteiger partial charge in [-0.15, -0.1) is 0 Å². The minimum absolute atomic E-state index is 0.786. The number of nitrogens with zero attached hydrogens (tertiary/aromatic N) is 3. The lowest BCUT2D eigenvalue weighted by Gasteiger charge is -2.18. The second kappa shape index (κ2) is 10.3. The van der Waals surface area contributed by atoms with Gasteiger partial charge < -0.3 is 5.32 Å². The Labute approximate surface area is 186 Å². The predicted molar refractivity (Wildman–Crippen MR) is 132 cm³/mol. The van der Waals surface area contributed by atoms with Crippen molar-refractivity contribution >= 4 is 19.7 Å². The van der Waals surface area contributed by atoms with Crippen LogP contribution in [-0.4, -0.2) is 21.1 Å². The van der Waals surface area contributed by atoms with Gasteiger partial charge in [0.1, 0.15) is 5.82 Å².